The lowest BCUT2D eigenvalue weighted by Crippen LogP contribution is -2.48. The second-order valence-electron chi connectivity index (χ2n) is 5.42. The van der Waals surface area contributed by atoms with E-state index in [-0.39, 0.29) is 25.2 Å². The van der Waals surface area contributed by atoms with Crippen LogP contribution in [0.1, 0.15) is 19.4 Å². The van der Waals surface area contributed by atoms with Gasteiger partial charge in [0.15, 0.2) is 0 Å². The van der Waals surface area contributed by atoms with Crippen molar-refractivity contribution in [3.63, 3.8) is 0 Å². The van der Waals surface area contributed by atoms with E-state index in [9.17, 15) is 9.36 Å². The van der Waals surface area contributed by atoms with Gasteiger partial charge in [-0.25, -0.2) is 4.57 Å². The molecule has 1 aliphatic rings. The minimum Gasteiger partial charge on any atom is -0.336 e. The molecule has 0 fully saturated rings. The van der Waals surface area contributed by atoms with E-state index in [0.29, 0.717) is 6.42 Å². The molecule has 0 saturated carbocycles. The van der Waals surface area contributed by atoms with Gasteiger partial charge in [-0.1, -0.05) is 30.3 Å². The van der Waals surface area contributed by atoms with E-state index in [1.54, 1.807) is 31.9 Å². The van der Waals surface area contributed by atoms with Crippen molar-refractivity contribution in [2.75, 3.05) is 20.3 Å². The second-order valence-corrected chi connectivity index (χ2v) is 7.04. The molecule has 0 aromatic heterocycles. The van der Waals surface area contributed by atoms with Crippen LogP contribution in [0.15, 0.2) is 42.5 Å². The van der Waals surface area contributed by atoms with Crippen LogP contribution in [0.2, 0.25) is 0 Å². The molecule has 132 valence electrons. The van der Waals surface area contributed by atoms with Gasteiger partial charge in [0.25, 0.3) is 0 Å². The number of phosphoric acid groups is 1. The van der Waals surface area contributed by atoms with Crippen molar-refractivity contribution in [2.24, 2.45) is 0 Å². The second kappa shape index (κ2) is 8.58. The number of hydrogen-bond acceptors (Lipinski definition) is 5. The minimum atomic E-state index is -3.67. The minimum absolute atomic E-state index is 0.113. The van der Waals surface area contributed by atoms with E-state index in [1.165, 1.54) is 6.08 Å². The molecular weight excluding hydrogens is 329 g/mol. The molecule has 1 heterocycles. The van der Waals surface area contributed by atoms with Crippen LogP contribution in [0.4, 0.5) is 0 Å². The first-order chi connectivity index (χ1) is 11.5. The Hall–Kier alpha value is -1.46. The summed E-state index contributed by atoms with van der Waals surface area (Å²) in [5.74, 6) is -0.113. The molecule has 0 radical (unpaired) electrons. The summed E-state index contributed by atoms with van der Waals surface area (Å²) in [6, 6.07) is 9.50. The van der Waals surface area contributed by atoms with Crippen LogP contribution in [-0.4, -0.2) is 43.2 Å². The van der Waals surface area contributed by atoms with Crippen molar-refractivity contribution >= 4 is 13.7 Å². The Balaban J connectivity index is 2.22. The van der Waals surface area contributed by atoms with Crippen LogP contribution in [0.25, 0.3) is 0 Å². The Morgan fingerprint density at radius 2 is 1.75 bits per heavy atom. The van der Waals surface area contributed by atoms with Gasteiger partial charge in [-0.15, -0.1) is 0 Å². The van der Waals surface area contributed by atoms with Gasteiger partial charge in [0.05, 0.1) is 19.3 Å². The molecular formula is C17H24NO5P. The van der Waals surface area contributed by atoms with Gasteiger partial charge >= 0.3 is 7.82 Å². The monoisotopic (exact) mass is 353 g/mol. The molecule has 1 aliphatic heterocycles. The Morgan fingerprint density at radius 1 is 1.12 bits per heavy atom. The van der Waals surface area contributed by atoms with Crippen molar-refractivity contribution in [3.05, 3.63) is 48.0 Å². The fraction of sp³-hybridized carbons (Fsp3) is 0.471. The third-order valence-electron chi connectivity index (χ3n) is 3.77. The largest absolute Gasteiger partial charge is 0.475 e. The van der Waals surface area contributed by atoms with Crippen LogP contribution < -0.4 is 0 Å². The van der Waals surface area contributed by atoms with E-state index in [4.69, 9.17) is 13.6 Å². The average Bonchev–Trinajstić information content (AvgIpc) is 2.56. The van der Waals surface area contributed by atoms with E-state index >= 15 is 0 Å². The number of nitrogens with zero attached hydrogens (tertiary/aromatic N) is 1. The molecule has 0 bridgehead atoms. The zero-order valence-electron chi connectivity index (χ0n) is 14.3. The first-order valence-corrected chi connectivity index (χ1v) is 9.51. The highest BCUT2D eigenvalue weighted by atomic mass is 31.2. The predicted octanol–water partition coefficient (Wildman–Crippen LogP) is 3.19. The quantitative estimate of drug-likeness (QED) is 0.672. The predicted molar refractivity (Wildman–Crippen MR) is 91.6 cm³/mol. The molecule has 0 aliphatic carbocycles. The van der Waals surface area contributed by atoms with Crippen LogP contribution >= 0.6 is 7.82 Å². The molecule has 0 N–H and O–H groups in total. The topological polar surface area (TPSA) is 65.1 Å². The van der Waals surface area contributed by atoms with Crippen LogP contribution in [0, 0.1) is 0 Å². The van der Waals surface area contributed by atoms with Crippen LogP contribution in [0.5, 0.6) is 0 Å². The van der Waals surface area contributed by atoms with E-state index in [2.05, 4.69) is 0 Å². The van der Waals surface area contributed by atoms with Gasteiger partial charge in [-0.2, -0.15) is 0 Å². The lowest BCUT2D eigenvalue weighted by atomic mass is 9.97. The molecule has 7 heteroatoms. The number of phosphoric ester groups is 1. The summed E-state index contributed by atoms with van der Waals surface area (Å²) < 4.78 is 28.8. The summed E-state index contributed by atoms with van der Waals surface area (Å²) in [5.41, 5.74) is 1.06. The highest BCUT2D eigenvalue weighted by Crippen LogP contribution is 2.51. The lowest BCUT2D eigenvalue weighted by molar-refractivity contribution is -0.129. The number of rotatable bonds is 8. The van der Waals surface area contributed by atoms with Gasteiger partial charge in [0, 0.05) is 13.1 Å². The summed E-state index contributed by atoms with van der Waals surface area (Å²) in [6.45, 7) is 3.88. The van der Waals surface area contributed by atoms with Gasteiger partial charge < -0.3 is 4.90 Å². The number of carbonyl (C=O) groups is 1. The Labute approximate surface area is 143 Å². The number of likely N-dealkylation sites (N-methyl/N-ethyl adjacent to an activating group) is 1. The van der Waals surface area contributed by atoms with Gasteiger partial charge in [0.1, 0.15) is 6.10 Å². The number of benzene rings is 1. The Morgan fingerprint density at radius 3 is 2.33 bits per heavy atom. The summed E-state index contributed by atoms with van der Waals surface area (Å²) >= 11 is 0. The standard InChI is InChI=1S/C17H24NO5P/c1-4-21-24(20,22-5-2)23-16-11-12-17(19)18(3)15(16)13-14-9-7-6-8-10-14/h6-12,15-16H,4-5,13H2,1-3H3/t15-,16-/m0/s1. The SMILES string of the molecule is CCOP(=O)(OCC)O[C@H]1C=CC(=O)N(C)[C@H]1Cc1ccccc1. The van der Waals surface area contributed by atoms with Crippen molar-refractivity contribution in [1.82, 2.24) is 4.90 Å². The van der Waals surface area contributed by atoms with E-state index < -0.39 is 13.9 Å². The number of amides is 1. The fourth-order valence-electron chi connectivity index (χ4n) is 2.58. The molecule has 1 amide bonds. The molecule has 2 rings (SSSR count). The molecule has 6 nitrogen and oxygen atoms in total. The fourth-order valence-corrected chi connectivity index (χ4v) is 3.92. The molecule has 24 heavy (non-hydrogen) atoms. The zero-order valence-corrected chi connectivity index (χ0v) is 15.1. The normalized spacial score (nSPS) is 21.3. The first-order valence-electron chi connectivity index (χ1n) is 8.05. The van der Waals surface area contributed by atoms with Gasteiger partial charge in [-0.3, -0.25) is 18.4 Å². The number of hydrogen-bond donors (Lipinski definition) is 0. The summed E-state index contributed by atoms with van der Waals surface area (Å²) in [7, 11) is -1.95. The van der Waals surface area contributed by atoms with Crippen LogP contribution in [0.3, 0.4) is 0 Å². The zero-order chi connectivity index (χ0) is 17.6. The molecule has 1 aromatic carbocycles. The molecule has 2 atom stereocenters. The van der Waals surface area contributed by atoms with Crippen molar-refractivity contribution < 1.29 is 22.9 Å². The Bertz CT molecular complexity index is 609. The Kier molecular flexibility index (Phi) is 6.75. The van der Waals surface area contributed by atoms with Crippen molar-refractivity contribution in [3.8, 4) is 0 Å². The number of carbonyl (C=O) groups excluding carboxylic acids is 1. The summed E-state index contributed by atoms with van der Waals surface area (Å²) in [5, 5.41) is 0. The van der Waals surface area contributed by atoms with Gasteiger partial charge in [0.2, 0.25) is 5.91 Å². The van der Waals surface area contributed by atoms with Gasteiger partial charge in [-0.05, 0) is 31.9 Å². The van der Waals surface area contributed by atoms with Crippen molar-refractivity contribution in [1.29, 1.82) is 0 Å². The highest BCUT2D eigenvalue weighted by Gasteiger charge is 2.37. The molecule has 1 aromatic rings. The maximum atomic E-state index is 12.7. The summed E-state index contributed by atoms with van der Waals surface area (Å²) in [4.78, 5) is 13.6. The van der Waals surface area contributed by atoms with Crippen LogP contribution in [-0.2, 0) is 29.4 Å². The first kappa shape index (κ1) is 18.9. The highest BCUT2D eigenvalue weighted by molar-refractivity contribution is 7.48. The van der Waals surface area contributed by atoms with Crippen molar-refractivity contribution in [2.45, 2.75) is 32.4 Å². The maximum Gasteiger partial charge on any atom is 0.475 e. The lowest BCUT2D eigenvalue weighted by Gasteiger charge is -2.36. The molecule has 0 saturated heterocycles. The average molecular weight is 353 g/mol. The molecule has 0 spiro atoms. The maximum absolute atomic E-state index is 12.7. The van der Waals surface area contributed by atoms with E-state index in [0.717, 1.165) is 5.56 Å². The molecule has 0 unspecified atom stereocenters. The third kappa shape index (κ3) is 4.77. The smallest absolute Gasteiger partial charge is 0.336 e. The third-order valence-corrected chi connectivity index (χ3v) is 5.42. The summed E-state index contributed by atoms with van der Waals surface area (Å²) in [6.07, 6.45) is 3.06. The van der Waals surface area contributed by atoms with E-state index in [1.807, 2.05) is 30.3 Å².